The van der Waals surface area contributed by atoms with E-state index in [-0.39, 0.29) is 17.7 Å². The van der Waals surface area contributed by atoms with E-state index >= 15 is 0 Å². The number of halogens is 1. The van der Waals surface area contributed by atoms with Gasteiger partial charge in [-0.15, -0.1) is 0 Å². The lowest BCUT2D eigenvalue weighted by Gasteiger charge is -2.37. The van der Waals surface area contributed by atoms with Crippen LogP contribution in [0.3, 0.4) is 0 Å². The van der Waals surface area contributed by atoms with Gasteiger partial charge in [-0.05, 0) is 18.6 Å². The van der Waals surface area contributed by atoms with E-state index in [0.29, 0.717) is 16.8 Å². The molecule has 0 bridgehead atoms. The van der Waals surface area contributed by atoms with Gasteiger partial charge in [-0.1, -0.05) is 37.3 Å². The number of nitrogens with one attached hydrogen (secondary N) is 1. The molecule has 2 aromatic heterocycles. The fraction of sp³-hybridized carbons (Fsp3) is 0.444. The Labute approximate surface area is 149 Å². The van der Waals surface area contributed by atoms with E-state index in [1.807, 2.05) is 6.07 Å². The van der Waals surface area contributed by atoms with E-state index in [1.54, 1.807) is 12.1 Å². The molecule has 1 aromatic carbocycles. The molecule has 1 saturated heterocycles. The summed E-state index contributed by atoms with van der Waals surface area (Å²) in [4.78, 5) is 7.02. The highest BCUT2D eigenvalue weighted by Gasteiger charge is 2.37. The van der Waals surface area contributed by atoms with Crippen molar-refractivity contribution in [3.05, 3.63) is 46.9 Å². The minimum absolute atomic E-state index is 0.116. The predicted molar refractivity (Wildman–Crippen MR) is 94.4 cm³/mol. The average Bonchev–Trinajstić information content (AvgIpc) is 3.11. The van der Waals surface area contributed by atoms with E-state index in [1.165, 1.54) is 39.6 Å². The molecule has 5 nitrogen and oxygen atoms in total. The summed E-state index contributed by atoms with van der Waals surface area (Å²) in [5.74, 6) is 1.06. The summed E-state index contributed by atoms with van der Waals surface area (Å²) in [5, 5.41) is 14.8. The molecular formula is C18H22FN4OS+. The number of fused-ring (bicyclic) bond motifs is 1. The number of likely N-dealkylation sites (tertiary alicyclic amines) is 1. The van der Waals surface area contributed by atoms with Crippen molar-refractivity contribution < 1.29 is 14.4 Å². The van der Waals surface area contributed by atoms with Gasteiger partial charge in [0.2, 0.25) is 10.8 Å². The first-order valence-electron chi connectivity index (χ1n) is 8.64. The highest BCUT2D eigenvalue weighted by Crippen LogP contribution is 2.35. The second-order valence-electron chi connectivity index (χ2n) is 7.24. The number of quaternary nitrogens is 1. The van der Waals surface area contributed by atoms with Gasteiger partial charge in [0.05, 0.1) is 13.1 Å². The Morgan fingerprint density at radius 1 is 1.32 bits per heavy atom. The van der Waals surface area contributed by atoms with Gasteiger partial charge in [0.15, 0.2) is 6.04 Å². The number of hydrogen-bond donors (Lipinski definition) is 2. The third-order valence-electron chi connectivity index (χ3n) is 5.02. The van der Waals surface area contributed by atoms with Crippen molar-refractivity contribution in [2.75, 3.05) is 13.1 Å². The van der Waals surface area contributed by atoms with Gasteiger partial charge in [-0.25, -0.2) is 9.37 Å². The SMILES string of the molecule is C[C@@H]1C[C@H](C)C[NH+]([C@@H](c2cccc(F)c2)c2sc3ncnn3c2O)C1. The second-order valence-corrected chi connectivity index (χ2v) is 8.25. The van der Waals surface area contributed by atoms with E-state index < -0.39 is 0 Å². The molecule has 0 saturated carbocycles. The topological polar surface area (TPSA) is 54.9 Å². The fourth-order valence-corrected chi connectivity index (χ4v) is 5.32. The molecule has 3 heterocycles. The summed E-state index contributed by atoms with van der Waals surface area (Å²) < 4.78 is 15.4. The summed E-state index contributed by atoms with van der Waals surface area (Å²) in [6.45, 7) is 6.53. The number of thiazole rings is 1. The molecule has 1 aliphatic heterocycles. The normalized spacial score (nSPS) is 25.3. The van der Waals surface area contributed by atoms with Crippen LogP contribution in [0.2, 0.25) is 0 Å². The lowest BCUT2D eigenvalue weighted by Crippen LogP contribution is -3.14. The van der Waals surface area contributed by atoms with Crippen LogP contribution < -0.4 is 4.90 Å². The van der Waals surface area contributed by atoms with Crippen molar-refractivity contribution in [1.29, 1.82) is 0 Å². The second kappa shape index (κ2) is 6.38. The van der Waals surface area contributed by atoms with Crippen molar-refractivity contribution >= 4 is 16.3 Å². The van der Waals surface area contributed by atoms with Gasteiger partial charge in [-0.3, -0.25) is 0 Å². The van der Waals surface area contributed by atoms with Crippen molar-refractivity contribution in [3.8, 4) is 5.88 Å². The van der Waals surface area contributed by atoms with Crippen molar-refractivity contribution in [2.24, 2.45) is 11.8 Å². The van der Waals surface area contributed by atoms with Gasteiger partial charge < -0.3 is 10.0 Å². The van der Waals surface area contributed by atoms with Gasteiger partial charge >= 0.3 is 0 Å². The standard InChI is InChI=1S/C18H21FN4OS/c1-11-6-12(2)9-22(8-11)15(13-4-3-5-14(19)7-13)16-17(24)23-18(25-16)20-10-21-23/h3-5,7,10-12,15,24H,6,8-9H2,1-2H3/p+1/t11-,12+,15-/m0/s1. The highest BCUT2D eigenvalue weighted by atomic mass is 32.1. The molecule has 7 heteroatoms. The highest BCUT2D eigenvalue weighted by molar-refractivity contribution is 7.17. The molecule has 0 aliphatic carbocycles. The van der Waals surface area contributed by atoms with Crippen LogP contribution in [0.1, 0.15) is 36.8 Å². The Kier molecular flexibility index (Phi) is 4.21. The number of hydrogen-bond acceptors (Lipinski definition) is 4. The lowest BCUT2D eigenvalue weighted by atomic mass is 9.89. The van der Waals surface area contributed by atoms with Crippen LogP contribution in [-0.2, 0) is 0 Å². The van der Waals surface area contributed by atoms with Gasteiger partial charge in [-0.2, -0.15) is 9.61 Å². The summed E-state index contributed by atoms with van der Waals surface area (Å²) in [5.41, 5.74) is 0.885. The van der Waals surface area contributed by atoms with Crippen molar-refractivity contribution in [1.82, 2.24) is 14.6 Å². The summed E-state index contributed by atoms with van der Waals surface area (Å²) in [7, 11) is 0. The van der Waals surface area contributed by atoms with Crippen LogP contribution in [0.5, 0.6) is 5.88 Å². The third kappa shape index (κ3) is 3.02. The monoisotopic (exact) mass is 361 g/mol. The zero-order valence-corrected chi connectivity index (χ0v) is 15.1. The Balaban J connectivity index is 1.83. The molecule has 4 atom stereocenters. The maximum absolute atomic E-state index is 13.9. The number of aromatic nitrogens is 3. The van der Waals surface area contributed by atoms with Crippen LogP contribution in [0.25, 0.3) is 4.96 Å². The number of rotatable bonds is 3. The zero-order valence-electron chi connectivity index (χ0n) is 14.3. The fourth-order valence-electron chi connectivity index (χ4n) is 4.21. The largest absolute Gasteiger partial charge is 0.492 e. The van der Waals surface area contributed by atoms with E-state index in [2.05, 4.69) is 23.9 Å². The Morgan fingerprint density at radius 2 is 2.08 bits per heavy atom. The number of piperidine rings is 1. The maximum atomic E-state index is 13.9. The van der Waals surface area contributed by atoms with Crippen LogP contribution in [0.15, 0.2) is 30.6 Å². The molecule has 0 radical (unpaired) electrons. The van der Waals surface area contributed by atoms with Crippen LogP contribution in [0, 0.1) is 17.7 Å². The van der Waals surface area contributed by atoms with E-state index in [0.717, 1.165) is 23.5 Å². The molecule has 1 aliphatic rings. The van der Waals surface area contributed by atoms with Gasteiger partial charge in [0.1, 0.15) is 17.0 Å². The van der Waals surface area contributed by atoms with Gasteiger partial charge in [0, 0.05) is 17.4 Å². The Hall–Kier alpha value is -1.99. The minimum Gasteiger partial charge on any atom is -0.492 e. The summed E-state index contributed by atoms with van der Waals surface area (Å²) >= 11 is 1.43. The first-order chi connectivity index (χ1) is 12.0. The maximum Gasteiger partial charge on any atom is 0.235 e. The Morgan fingerprint density at radius 3 is 2.76 bits per heavy atom. The van der Waals surface area contributed by atoms with Crippen molar-refractivity contribution in [3.63, 3.8) is 0 Å². The quantitative estimate of drug-likeness (QED) is 0.753. The van der Waals surface area contributed by atoms with Crippen LogP contribution in [0.4, 0.5) is 4.39 Å². The number of aromatic hydroxyl groups is 1. The van der Waals surface area contributed by atoms with Gasteiger partial charge in [0.25, 0.3) is 0 Å². The molecule has 4 rings (SSSR count). The first kappa shape index (κ1) is 16.5. The minimum atomic E-state index is -0.251. The average molecular weight is 361 g/mol. The number of benzene rings is 1. The predicted octanol–water partition coefficient (Wildman–Crippen LogP) is 2.29. The van der Waals surface area contributed by atoms with Crippen LogP contribution in [-0.4, -0.2) is 32.8 Å². The molecule has 1 fully saturated rings. The first-order valence-corrected chi connectivity index (χ1v) is 9.46. The smallest absolute Gasteiger partial charge is 0.235 e. The molecule has 0 amide bonds. The van der Waals surface area contributed by atoms with E-state index in [9.17, 15) is 9.50 Å². The molecule has 3 aromatic rings. The third-order valence-corrected chi connectivity index (χ3v) is 6.12. The number of nitrogens with zero attached hydrogens (tertiary/aromatic N) is 3. The lowest BCUT2D eigenvalue weighted by molar-refractivity contribution is -0.936. The summed E-state index contributed by atoms with van der Waals surface area (Å²) in [6, 6.07) is 6.60. The van der Waals surface area contributed by atoms with E-state index in [4.69, 9.17) is 0 Å². The Bertz CT molecular complexity index is 882. The molecule has 2 N–H and O–H groups in total. The molecule has 25 heavy (non-hydrogen) atoms. The van der Waals surface area contributed by atoms with Crippen LogP contribution >= 0.6 is 11.3 Å². The molecule has 1 unspecified atom stereocenters. The summed E-state index contributed by atoms with van der Waals surface area (Å²) in [6.07, 6.45) is 2.64. The molecular weight excluding hydrogens is 339 g/mol. The zero-order chi connectivity index (χ0) is 17.6. The van der Waals surface area contributed by atoms with Crippen molar-refractivity contribution in [2.45, 2.75) is 26.3 Å². The molecule has 0 spiro atoms. The molecule has 132 valence electrons.